The molecule has 2 heteroatoms. The Labute approximate surface area is 282 Å². The summed E-state index contributed by atoms with van der Waals surface area (Å²) in [5.41, 5.74) is 5.85. The lowest BCUT2D eigenvalue weighted by Gasteiger charge is -2.27. The molecule has 0 amide bonds. The van der Waals surface area contributed by atoms with Gasteiger partial charge in [-0.15, -0.1) is 11.3 Å². The van der Waals surface area contributed by atoms with Crippen LogP contribution in [0.25, 0.3) is 74.4 Å². The summed E-state index contributed by atoms with van der Waals surface area (Å²) in [7, 11) is 0. The third-order valence-corrected chi connectivity index (χ3v) is 10.9. The van der Waals surface area contributed by atoms with E-state index in [2.05, 4.69) is 181 Å². The molecule has 48 heavy (non-hydrogen) atoms. The SMILES string of the molecule is c1ccc2c(c1)ccc1ccc(N(c3ccc(-c4ccc5c(c4)sc4ccccc45)cc3)c3ccc4ccc5ccccc5c4c3)cc12. The highest BCUT2D eigenvalue weighted by Crippen LogP contribution is 2.41. The van der Waals surface area contributed by atoms with E-state index < -0.39 is 0 Å². The molecule has 0 saturated carbocycles. The van der Waals surface area contributed by atoms with Crippen molar-refractivity contribution in [1.82, 2.24) is 0 Å². The molecule has 1 nitrogen and oxygen atoms in total. The molecule has 0 bridgehead atoms. The predicted molar refractivity (Wildman–Crippen MR) is 209 cm³/mol. The van der Waals surface area contributed by atoms with Crippen LogP contribution in [0.2, 0.25) is 0 Å². The molecule has 10 rings (SSSR count). The number of benzene rings is 9. The average Bonchev–Trinajstić information content (AvgIpc) is 3.53. The highest BCUT2D eigenvalue weighted by Gasteiger charge is 2.16. The standard InChI is InChI=1S/C46H29NS/c1-3-9-39-31(7-1)13-15-33-19-24-37(28-43(33)39)47(38-25-20-34-16-14-32-8-2-4-10-40(32)44(34)29-38)36-22-17-30(18-23-36)35-21-26-42-41-11-5-6-12-45(41)48-46(42)27-35/h1-29H. The summed E-state index contributed by atoms with van der Waals surface area (Å²) in [6.45, 7) is 0. The molecule has 0 fully saturated rings. The van der Waals surface area contributed by atoms with Crippen LogP contribution >= 0.6 is 11.3 Å². The maximum atomic E-state index is 2.40. The number of thiophene rings is 1. The summed E-state index contributed by atoms with van der Waals surface area (Å²) < 4.78 is 2.66. The minimum Gasteiger partial charge on any atom is -0.310 e. The smallest absolute Gasteiger partial charge is 0.0468 e. The van der Waals surface area contributed by atoms with E-state index in [0.717, 1.165) is 17.1 Å². The molecule has 0 saturated heterocycles. The third kappa shape index (κ3) is 4.38. The van der Waals surface area contributed by atoms with Crippen LogP contribution in [0.3, 0.4) is 0 Å². The first-order valence-corrected chi connectivity index (χ1v) is 17.2. The highest BCUT2D eigenvalue weighted by molar-refractivity contribution is 7.25. The van der Waals surface area contributed by atoms with E-state index >= 15 is 0 Å². The summed E-state index contributed by atoms with van der Waals surface area (Å²) in [4.78, 5) is 2.40. The maximum Gasteiger partial charge on any atom is 0.0468 e. The summed E-state index contributed by atoms with van der Waals surface area (Å²) in [6.07, 6.45) is 0. The lowest BCUT2D eigenvalue weighted by Crippen LogP contribution is -2.10. The van der Waals surface area contributed by atoms with Gasteiger partial charge in [-0.25, -0.2) is 0 Å². The molecule has 224 valence electrons. The Morgan fingerprint density at radius 1 is 0.292 bits per heavy atom. The molecule has 0 aliphatic carbocycles. The van der Waals surface area contributed by atoms with Crippen molar-refractivity contribution in [3.8, 4) is 11.1 Å². The lowest BCUT2D eigenvalue weighted by molar-refractivity contribution is 1.30. The number of rotatable bonds is 4. The first kappa shape index (κ1) is 27.2. The van der Waals surface area contributed by atoms with E-state index in [0.29, 0.717) is 0 Å². The van der Waals surface area contributed by atoms with E-state index in [1.54, 1.807) is 0 Å². The fourth-order valence-electron chi connectivity index (χ4n) is 7.41. The molecular formula is C46H29NS. The van der Waals surface area contributed by atoms with Crippen molar-refractivity contribution in [1.29, 1.82) is 0 Å². The van der Waals surface area contributed by atoms with Crippen molar-refractivity contribution in [2.75, 3.05) is 4.90 Å². The summed E-state index contributed by atoms with van der Waals surface area (Å²) >= 11 is 1.87. The Balaban J connectivity index is 1.14. The molecule has 0 aliphatic heterocycles. The molecule has 1 aromatic heterocycles. The predicted octanol–water partition coefficient (Wildman–Crippen LogP) is 13.8. The number of hydrogen-bond donors (Lipinski definition) is 0. The van der Waals surface area contributed by atoms with Crippen molar-refractivity contribution in [2.24, 2.45) is 0 Å². The topological polar surface area (TPSA) is 3.24 Å². The normalized spacial score (nSPS) is 11.8. The van der Waals surface area contributed by atoms with Gasteiger partial charge in [0, 0.05) is 37.2 Å². The van der Waals surface area contributed by atoms with Gasteiger partial charge in [0.2, 0.25) is 0 Å². The van der Waals surface area contributed by atoms with Crippen molar-refractivity contribution in [3.63, 3.8) is 0 Å². The van der Waals surface area contributed by atoms with E-state index in [1.807, 2.05) is 11.3 Å². The van der Waals surface area contributed by atoms with Crippen LogP contribution < -0.4 is 4.90 Å². The van der Waals surface area contributed by atoms with Crippen LogP contribution in [0.5, 0.6) is 0 Å². The van der Waals surface area contributed by atoms with E-state index in [9.17, 15) is 0 Å². The second kappa shape index (κ2) is 10.8. The van der Waals surface area contributed by atoms with Crippen LogP contribution in [0.1, 0.15) is 0 Å². The molecular weight excluding hydrogens is 599 g/mol. The van der Waals surface area contributed by atoms with Crippen LogP contribution in [0.4, 0.5) is 17.1 Å². The Kier molecular flexibility index (Phi) is 6.12. The molecule has 0 radical (unpaired) electrons. The van der Waals surface area contributed by atoms with Crippen LogP contribution in [0, 0.1) is 0 Å². The van der Waals surface area contributed by atoms with Gasteiger partial charge >= 0.3 is 0 Å². The molecule has 1 heterocycles. The Bertz CT molecular complexity index is 2720. The average molecular weight is 628 g/mol. The van der Waals surface area contributed by atoms with Gasteiger partial charge < -0.3 is 4.90 Å². The van der Waals surface area contributed by atoms with Crippen LogP contribution in [-0.2, 0) is 0 Å². The number of anilines is 3. The second-order valence-corrected chi connectivity index (χ2v) is 13.7. The van der Waals surface area contributed by atoms with Gasteiger partial charge in [-0.2, -0.15) is 0 Å². The van der Waals surface area contributed by atoms with Gasteiger partial charge in [-0.1, -0.05) is 127 Å². The minimum atomic E-state index is 1.13. The Morgan fingerprint density at radius 2 is 0.750 bits per heavy atom. The van der Waals surface area contributed by atoms with Gasteiger partial charge in [0.25, 0.3) is 0 Å². The van der Waals surface area contributed by atoms with E-state index in [-0.39, 0.29) is 0 Å². The second-order valence-electron chi connectivity index (χ2n) is 12.6. The first-order valence-electron chi connectivity index (χ1n) is 16.4. The zero-order chi connectivity index (χ0) is 31.6. The fraction of sp³-hybridized carbons (Fsp3) is 0. The van der Waals surface area contributed by atoms with E-state index in [1.165, 1.54) is 74.4 Å². The number of hydrogen-bond acceptors (Lipinski definition) is 2. The van der Waals surface area contributed by atoms with Crippen molar-refractivity contribution >= 4 is 91.7 Å². The first-order chi connectivity index (χ1) is 23.8. The molecule has 9 aromatic carbocycles. The molecule has 0 aliphatic rings. The fourth-order valence-corrected chi connectivity index (χ4v) is 8.56. The monoisotopic (exact) mass is 627 g/mol. The molecule has 10 aromatic rings. The zero-order valence-corrected chi connectivity index (χ0v) is 26.9. The van der Waals surface area contributed by atoms with Gasteiger partial charge in [-0.05, 0) is 103 Å². The highest BCUT2D eigenvalue weighted by atomic mass is 32.1. The summed E-state index contributed by atoms with van der Waals surface area (Å²) in [5, 5.41) is 12.7. The molecule has 0 N–H and O–H groups in total. The quantitative estimate of drug-likeness (QED) is 0.176. The van der Waals surface area contributed by atoms with Crippen molar-refractivity contribution in [3.05, 3.63) is 176 Å². The Hall–Kier alpha value is -5.96. The molecule has 0 unspecified atom stereocenters. The largest absolute Gasteiger partial charge is 0.310 e. The van der Waals surface area contributed by atoms with Crippen molar-refractivity contribution in [2.45, 2.75) is 0 Å². The zero-order valence-electron chi connectivity index (χ0n) is 26.1. The van der Waals surface area contributed by atoms with Gasteiger partial charge in [-0.3, -0.25) is 0 Å². The third-order valence-electron chi connectivity index (χ3n) is 9.81. The molecule has 0 atom stereocenters. The number of nitrogens with zero attached hydrogens (tertiary/aromatic N) is 1. The summed E-state index contributed by atoms with van der Waals surface area (Å²) in [5.74, 6) is 0. The minimum absolute atomic E-state index is 1.13. The van der Waals surface area contributed by atoms with Crippen LogP contribution in [-0.4, -0.2) is 0 Å². The van der Waals surface area contributed by atoms with Gasteiger partial charge in [0.05, 0.1) is 0 Å². The van der Waals surface area contributed by atoms with Crippen LogP contribution in [0.15, 0.2) is 176 Å². The van der Waals surface area contributed by atoms with Gasteiger partial charge in [0.1, 0.15) is 0 Å². The molecule has 0 spiro atoms. The van der Waals surface area contributed by atoms with Crippen molar-refractivity contribution < 1.29 is 0 Å². The maximum absolute atomic E-state index is 2.40. The summed E-state index contributed by atoms with van der Waals surface area (Å²) in [6, 6.07) is 64.7. The Morgan fingerprint density at radius 3 is 1.38 bits per heavy atom. The van der Waals surface area contributed by atoms with E-state index in [4.69, 9.17) is 0 Å². The number of fused-ring (bicyclic) bond motifs is 9. The van der Waals surface area contributed by atoms with Gasteiger partial charge in [0.15, 0.2) is 0 Å². The lowest BCUT2D eigenvalue weighted by atomic mass is 9.99.